The van der Waals surface area contributed by atoms with Crippen molar-refractivity contribution in [2.24, 2.45) is 5.73 Å². The number of nitrogens with two attached hydrogens (primary N) is 1. The highest BCUT2D eigenvalue weighted by molar-refractivity contribution is 5.53. The predicted octanol–water partition coefficient (Wildman–Crippen LogP) is 3.45. The van der Waals surface area contributed by atoms with E-state index >= 15 is 0 Å². The van der Waals surface area contributed by atoms with E-state index in [4.69, 9.17) is 10.5 Å². The quantitative estimate of drug-likeness (QED) is 0.914. The summed E-state index contributed by atoms with van der Waals surface area (Å²) in [6, 6.07) is 14.7. The largest absolute Gasteiger partial charge is 0.496 e. The SMILES string of the molecule is COc1ccccc1C(CN)N(C)c1cc(C)cc(C)c1. The number of hydrogen-bond donors (Lipinski definition) is 1. The number of anilines is 1. The summed E-state index contributed by atoms with van der Waals surface area (Å²) in [7, 11) is 3.78. The summed E-state index contributed by atoms with van der Waals surface area (Å²) < 4.78 is 5.48. The van der Waals surface area contributed by atoms with Gasteiger partial charge in [0.25, 0.3) is 0 Å². The summed E-state index contributed by atoms with van der Waals surface area (Å²) in [5, 5.41) is 0. The molecule has 0 saturated carbocycles. The predicted molar refractivity (Wildman–Crippen MR) is 89.1 cm³/mol. The van der Waals surface area contributed by atoms with Gasteiger partial charge in [0.05, 0.1) is 13.2 Å². The second-order valence-corrected chi connectivity index (χ2v) is 5.45. The maximum atomic E-state index is 6.05. The molecule has 0 bridgehead atoms. The first kappa shape index (κ1) is 15.4. The van der Waals surface area contributed by atoms with Gasteiger partial charge >= 0.3 is 0 Å². The van der Waals surface area contributed by atoms with Crippen molar-refractivity contribution in [2.45, 2.75) is 19.9 Å². The van der Waals surface area contributed by atoms with E-state index in [2.05, 4.69) is 50.1 Å². The third-order valence-electron chi connectivity index (χ3n) is 3.80. The van der Waals surface area contributed by atoms with Crippen molar-refractivity contribution < 1.29 is 4.74 Å². The van der Waals surface area contributed by atoms with E-state index in [-0.39, 0.29) is 6.04 Å². The van der Waals surface area contributed by atoms with Crippen LogP contribution in [-0.4, -0.2) is 20.7 Å². The molecule has 1 atom stereocenters. The molecule has 0 fully saturated rings. The Kier molecular flexibility index (Phi) is 4.86. The first-order valence-electron chi connectivity index (χ1n) is 7.21. The van der Waals surface area contributed by atoms with Crippen molar-refractivity contribution in [2.75, 3.05) is 25.6 Å². The van der Waals surface area contributed by atoms with Crippen molar-refractivity contribution in [1.82, 2.24) is 0 Å². The van der Waals surface area contributed by atoms with Crippen LogP contribution in [-0.2, 0) is 0 Å². The van der Waals surface area contributed by atoms with Gasteiger partial charge in [0.2, 0.25) is 0 Å². The van der Waals surface area contributed by atoms with Crippen molar-refractivity contribution in [1.29, 1.82) is 0 Å². The first-order chi connectivity index (χ1) is 10.1. The van der Waals surface area contributed by atoms with Gasteiger partial charge in [0.1, 0.15) is 5.75 Å². The summed E-state index contributed by atoms with van der Waals surface area (Å²) in [6.07, 6.45) is 0. The molecule has 0 heterocycles. The normalized spacial score (nSPS) is 12.0. The summed E-state index contributed by atoms with van der Waals surface area (Å²) in [5.74, 6) is 0.879. The smallest absolute Gasteiger partial charge is 0.124 e. The molecular formula is C18H24N2O. The molecule has 0 saturated heterocycles. The van der Waals surface area contributed by atoms with E-state index < -0.39 is 0 Å². The molecule has 2 aromatic rings. The maximum absolute atomic E-state index is 6.05. The lowest BCUT2D eigenvalue weighted by atomic mass is 10.0. The third-order valence-corrected chi connectivity index (χ3v) is 3.80. The van der Waals surface area contributed by atoms with Crippen LogP contribution >= 0.6 is 0 Å². The number of ether oxygens (including phenoxy) is 1. The van der Waals surface area contributed by atoms with Crippen LogP contribution in [0.2, 0.25) is 0 Å². The van der Waals surface area contributed by atoms with Crippen LogP contribution in [0.15, 0.2) is 42.5 Å². The number of nitrogens with zero attached hydrogens (tertiary/aromatic N) is 1. The topological polar surface area (TPSA) is 38.5 Å². The van der Waals surface area contributed by atoms with Crippen LogP contribution in [0.4, 0.5) is 5.69 Å². The van der Waals surface area contributed by atoms with Gasteiger partial charge in [0.15, 0.2) is 0 Å². The molecule has 0 aliphatic carbocycles. The lowest BCUT2D eigenvalue weighted by Gasteiger charge is -2.31. The zero-order valence-corrected chi connectivity index (χ0v) is 13.3. The maximum Gasteiger partial charge on any atom is 0.124 e. The Hall–Kier alpha value is -2.00. The fourth-order valence-corrected chi connectivity index (χ4v) is 2.77. The number of hydrogen-bond acceptors (Lipinski definition) is 3. The van der Waals surface area contributed by atoms with E-state index in [1.165, 1.54) is 16.8 Å². The van der Waals surface area contributed by atoms with Gasteiger partial charge in [-0.1, -0.05) is 24.3 Å². The minimum atomic E-state index is 0.0855. The number of methoxy groups -OCH3 is 1. The molecule has 3 nitrogen and oxygen atoms in total. The molecule has 2 N–H and O–H groups in total. The third kappa shape index (κ3) is 3.37. The van der Waals surface area contributed by atoms with Crippen LogP contribution in [0.5, 0.6) is 5.75 Å². The van der Waals surface area contributed by atoms with Crippen molar-refractivity contribution in [3.05, 3.63) is 59.2 Å². The minimum Gasteiger partial charge on any atom is -0.496 e. The molecular weight excluding hydrogens is 260 g/mol. The first-order valence-corrected chi connectivity index (χ1v) is 7.21. The Labute approximate surface area is 127 Å². The van der Waals surface area contributed by atoms with E-state index in [9.17, 15) is 0 Å². The van der Waals surface area contributed by atoms with Crippen molar-refractivity contribution in [3.63, 3.8) is 0 Å². The lowest BCUT2D eigenvalue weighted by Crippen LogP contribution is -2.30. The second kappa shape index (κ2) is 6.64. The van der Waals surface area contributed by atoms with Gasteiger partial charge in [0, 0.05) is 24.8 Å². The minimum absolute atomic E-state index is 0.0855. The average Bonchev–Trinajstić information content (AvgIpc) is 2.47. The molecule has 112 valence electrons. The van der Waals surface area contributed by atoms with Gasteiger partial charge < -0.3 is 15.4 Å². The second-order valence-electron chi connectivity index (χ2n) is 5.45. The molecule has 2 rings (SSSR count). The number of rotatable bonds is 5. The molecule has 21 heavy (non-hydrogen) atoms. The van der Waals surface area contributed by atoms with Crippen LogP contribution in [0.3, 0.4) is 0 Å². The van der Waals surface area contributed by atoms with Crippen LogP contribution < -0.4 is 15.4 Å². The zero-order chi connectivity index (χ0) is 15.4. The van der Waals surface area contributed by atoms with E-state index in [0.717, 1.165) is 11.3 Å². The Morgan fingerprint density at radius 2 is 1.71 bits per heavy atom. The molecule has 2 aromatic carbocycles. The standard InChI is InChI=1S/C18H24N2O/c1-13-9-14(2)11-15(10-13)20(3)17(12-19)16-7-5-6-8-18(16)21-4/h5-11,17H,12,19H2,1-4H3. The number of aryl methyl sites for hydroxylation is 2. The molecule has 1 unspecified atom stereocenters. The average molecular weight is 284 g/mol. The number of benzene rings is 2. The Bertz CT molecular complexity index is 590. The highest BCUT2D eigenvalue weighted by Gasteiger charge is 2.19. The summed E-state index contributed by atoms with van der Waals surface area (Å²) in [4.78, 5) is 2.22. The molecule has 3 heteroatoms. The monoisotopic (exact) mass is 284 g/mol. The van der Waals surface area contributed by atoms with Gasteiger partial charge in [-0.2, -0.15) is 0 Å². The van der Waals surface area contributed by atoms with Gasteiger partial charge in [-0.15, -0.1) is 0 Å². The van der Waals surface area contributed by atoms with Crippen LogP contribution in [0, 0.1) is 13.8 Å². The zero-order valence-electron chi connectivity index (χ0n) is 13.3. The van der Waals surface area contributed by atoms with Crippen molar-refractivity contribution >= 4 is 5.69 Å². The van der Waals surface area contributed by atoms with Crippen LogP contribution in [0.1, 0.15) is 22.7 Å². The molecule has 0 aromatic heterocycles. The molecule has 0 amide bonds. The number of para-hydroxylation sites is 1. The number of likely N-dealkylation sites (N-methyl/N-ethyl adjacent to an activating group) is 1. The highest BCUT2D eigenvalue weighted by atomic mass is 16.5. The highest BCUT2D eigenvalue weighted by Crippen LogP contribution is 2.31. The Morgan fingerprint density at radius 1 is 1.10 bits per heavy atom. The van der Waals surface area contributed by atoms with Crippen molar-refractivity contribution in [3.8, 4) is 5.75 Å². The van der Waals surface area contributed by atoms with Gasteiger partial charge in [-0.05, 0) is 43.2 Å². The Morgan fingerprint density at radius 3 is 2.29 bits per heavy atom. The lowest BCUT2D eigenvalue weighted by molar-refractivity contribution is 0.405. The Balaban J connectivity index is 2.40. The van der Waals surface area contributed by atoms with Gasteiger partial charge in [-0.3, -0.25) is 0 Å². The van der Waals surface area contributed by atoms with Gasteiger partial charge in [-0.25, -0.2) is 0 Å². The molecule has 0 aliphatic heterocycles. The summed E-state index contributed by atoms with van der Waals surface area (Å²) in [5.41, 5.74) is 10.8. The molecule has 0 aliphatic rings. The van der Waals surface area contributed by atoms with Crippen LogP contribution in [0.25, 0.3) is 0 Å². The fourth-order valence-electron chi connectivity index (χ4n) is 2.77. The van der Waals surface area contributed by atoms with E-state index in [0.29, 0.717) is 6.54 Å². The van der Waals surface area contributed by atoms with E-state index in [1.54, 1.807) is 7.11 Å². The fraction of sp³-hybridized carbons (Fsp3) is 0.333. The molecule has 0 radical (unpaired) electrons. The molecule has 0 spiro atoms. The summed E-state index contributed by atoms with van der Waals surface area (Å²) in [6.45, 7) is 4.76. The summed E-state index contributed by atoms with van der Waals surface area (Å²) >= 11 is 0. The van der Waals surface area contributed by atoms with E-state index in [1.807, 2.05) is 18.2 Å².